The van der Waals surface area contributed by atoms with Gasteiger partial charge in [0.1, 0.15) is 5.82 Å². The molecule has 0 atom stereocenters. The number of hydrogen-bond acceptors (Lipinski definition) is 3. The van der Waals surface area contributed by atoms with E-state index < -0.39 is 17.2 Å². The summed E-state index contributed by atoms with van der Waals surface area (Å²) in [5.41, 5.74) is -0.888. The van der Waals surface area contributed by atoms with Crippen molar-refractivity contribution in [3.05, 3.63) is 22.5 Å². The molecule has 0 amide bonds. The van der Waals surface area contributed by atoms with E-state index in [9.17, 15) is 9.18 Å². The zero-order valence-corrected chi connectivity index (χ0v) is 12.0. The van der Waals surface area contributed by atoms with Gasteiger partial charge in [0.05, 0.1) is 25.7 Å². The molecule has 0 aliphatic carbocycles. The van der Waals surface area contributed by atoms with Gasteiger partial charge in [-0.1, -0.05) is 25.4 Å². The molecule has 106 valence electrons. The summed E-state index contributed by atoms with van der Waals surface area (Å²) in [5, 5.41) is 8.80. The Morgan fingerprint density at radius 3 is 2.42 bits per heavy atom. The Labute approximate surface area is 116 Å². The molecule has 0 saturated heterocycles. The lowest BCUT2D eigenvalue weighted by atomic mass is 9.80. The fraction of sp³-hybridized carbons (Fsp3) is 0.462. The molecule has 0 radical (unpaired) electrons. The predicted octanol–water partition coefficient (Wildman–Crippen LogP) is 3.25. The van der Waals surface area contributed by atoms with Crippen LogP contribution in [0.4, 0.5) is 4.39 Å². The van der Waals surface area contributed by atoms with Crippen LogP contribution in [0.15, 0.2) is 6.07 Å². The van der Waals surface area contributed by atoms with Gasteiger partial charge < -0.3 is 14.6 Å². The Balaban J connectivity index is 3.55. The van der Waals surface area contributed by atoms with Crippen LogP contribution in [0, 0.1) is 5.82 Å². The Kier molecular flexibility index (Phi) is 4.63. The lowest BCUT2D eigenvalue weighted by Gasteiger charge is -2.27. The number of carboxylic acid groups (broad SMARTS) is 1. The first kappa shape index (κ1) is 15.6. The van der Waals surface area contributed by atoms with E-state index in [4.69, 9.17) is 26.2 Å². The van der Waals surface area contributed by atoms with Crippen molar-refractivity contribution < 1.29 is 23.8 Å². The molecule has 0 aliphatic rings. The summed E-state index contributed by atoms with van der Waals surface area (Å²) in [6.07, 6.45) is -0.260. The normalized spacial score (nSPS) is 11.3. The fourth-order valence-corrected chi connectivity index (χ4v) is 2.21. The molecule has 6 heteroatoms. The van der Waals surface area contributed by atoms with Crippen molar-refractivity contribution in [2.75, 3.05) is 14.2 Å². The van der Waals surface area contributed by atoms with E-state index in [1.54, 1.807) is 13.8 Å². The summed E-state index contributed by atoms with van der Waals surface area (Å²) < 4.78 is 24.5. The zero-order chi connectivity index (χ0) is 14.8. The molecule has 0 bridgehead atoms. The Bertz CT molecular complexity index is 500. The quantitative estimate of drug-likeness (QED) is 0.904. The molecule has 0 heterocycles. The monoisotopic (exact) mass is 290 g/mol. The van der Waals surface area contributed by atoms with Crippen molar-refractivity contribution >= 4 is 17.6 Å². The van der Waals surface area contributed by atoms with Gasteiger partial charge in [-0.05, 0) is 0 Å². The molecule has 1 rings (SSSR count). The summed E-state index contributed by atoms with van der Waals surface area (Å²) in [6, 6.07) is 1.30. The van der Waals surface area contributed by atoms with E-state index in [1.807, 2.05) is 0 Å². The van der Waals surface area contributed by atoms with Crippen LogP contribution in [0.1, 0.15) is 25.8 Å². The minimum absolute atomic E-state index is 0.0988. The Morgan fingerprint density at radius 1 is 1.42 bits per heavy atom. The second kappa shape index (κ2) is 5.65. The first-order valence-corrected chi connectivity index (χ1v) is 5.94. The van der Waals surface area contributed by atoms with E-state index in [1.165, 1.54) is 20.3 Å². The summed E-state index contributed by atoms with van der Waals surface area (Å²) in [5.74, 6) is -1.30. The van der Waals surface area contributed by atoms with Gasteiger partial charge in [0.25, 0.3) is 0 Å². The summed E-state index contributed by atoms with van der Waals surface area (Å²) in [7, 11) is 2.77. The molecule has 0 aliphatic heterocycles. The molecule has 0 saturated carbocycles. The predicted molar refractivity (Wildman–Crippen MR) is 69.8 cm³/mol. The number of carbonyl (C=O) groups is 1. The molecule has 1 N–H and O–H groups in total. The number of aliphatic carboxylic acids is 1. The molecule has 4 nitrogen and oxygen atoms in total. The van der Waals surface area contributed by atoms with Crippen LogP contribution < -0.4 is 9.47 Å². The topological polar surface area (TPSA) is 55.8 Å². The second-order valence-electron chi connectivity index (χ2n) is 4.74. The summed E-state index contributed by atoms with van der Waals surface area (Å²) >= 11 is 5.81. The number of halogens is 2. The first-order valence-electron chi connectivity index (χ1n) is 5.56. The fourth-order valence-electron chi connectivity index (χ4n) is 2.01. The van der Waals surface area contributed by atoms with Crippen molar-refractivity contribution in [3.63, 3.8) is 0 Å². The number of ether oxygens (including phenoxy) is 2. The van der Waals surface area contributed by atoms with Gasteiger partial charge in [0, 0.05) is 17.0 Å². The maximum absolute atomic E-state index is 14.3. The smallest absolute Gasteiger partial charge is 0.304 e. The third-order valence-corrected chi connectivity index (χ3v) is 3.11. The van der Waals surface area contributed by atoms with Crippen molar-refractivity contribution in [1.82, 2.24) is 0 Å². The van der Waals surface area contributed by atoms with Crippen molar-refractivity contribution in [2.24, 2.45) is 0 Å². The van der Waals surface area contributed by atoms with Crippen LogP contribution in [-0.4, -0.2) is 25.3 Å². The number of carboxylic acids is 1. The summed E-state index contributed by atoms with van der Waals surface area (Å²) in [4.78, 5) is 10.9. The maximum atomic E-state index is 14.3. The minimum atomic E-state index is -1.04. The highest BCUT2D eigenvalue weighted by Gasteiger charge is 2.33. The third kappa shape index (κ3) is 3.10. The van der Waals surface area contributed by atoms with Crippen LogP contribution in [0.2, 0.25) is 5.02 Å². The van der Waals surface area contributed by atoms with Gasteiger partial charge in [-0.25, -0.2) is 4.39 Å². The molecule has 1 aromatic carbocycles. The van der Waals surface area contributed by atoms with Gasteiger partial charge in [-0.15, -0.1) is 0 Å². The molecular weight excluding hydrogens is 275 g/mol. The number of benzene rings is 1. The first-order chi connectivity index (χ1) is 8.74. The van der Waals surface area contributed by atoms with Crippen LogP contribution >= 0.6 is 11.6 Å². The largest absolute Gasteiger partial charge is 0.493 e. The van der Waals surface area contributed by atoms with Gasteiger partial charge in [0.2, 0.25) is 0 Å². The second-order valence-corrected chi connectivity index (χ2v) is 5.14. The number of rotatable bonds is 5. The average Bonchev–Trinajstić information content (AvgIpc) is 2.29. The number of hydrogen-bond donors (Lipinski definition) is 1. The Morgan fingerprint density at radius 2 is 2.00 bits per heavy atom. The zero-order valence-electron chi connectivity index (χ0n) is 11.2. The lowest BCUT2D eigenvalue weighted by Crippen LogP contribution is -2.24. The molecular formula is C13H16ClFO4. The van der Waals surface area contributed by atoms with Crippen LogP contribution in [0.3, 0.4) is 0 Å². The molecule has 0 unspecified atom stereocenters. The van der Waals surface area contributed by atoms with Crippen LogP contribution in [0.25, 0.3) is 0 Å². The molecule has 0 aromatic heterocycles. The van der Waals surface area contributed by atoms with E-state index in [0.717, 1.165) is 0 Å². The van der Waals surface area contributed by atoms with E-state index in [0.29, 0.717) is 0 Å². The van der Waals surface area contributed by atoms with Crippen molar-refractivity contribution in [3.8, 4) is 11.5 Å². The van der Waals surface area contributed by atoms with E-state index in [-0.39, 0.29) is 28.5 Å². The average molecular weight is 291 g/mol. The van der Waals surface area contributed by atoms with Gasteiger partial charge in [-0.3, -0.25) is 4.79 Å². The lowest BCUT2D eigenvalue weighted by molar-refractivity contribution is -0.138. The highest BCUT2D eigenvalue weighted by molar-refractivity contribution is 6.31. The molecule has 0 spiro atoms. The standard InChI is InChI=1S/C13H16ClFO4/c1-13(2,6-9(16)17)10-11(15)7(14)5-8(18-3)12(10)19-4/h5H,6H2,1-4H3,(H,16,17). The number of methoxy groups -OCH3 is 2. The molecule has 0 fully saturated rings. The van der Waals surface area contributed by atoms with Gasteiger partial charge >= 0.3 is 5.97 Å². The highest BCUT2D eigenvalue weighted by atomic mass is 35.5. The van der Waals surface area contributed by atoms with Crippen molar-refractivity contribution in [1.29, 1.82) is 0 Å². The molecule has 1 aromatic rings. The third-order valence-electron chi connectivity index (χ3n) is 2.83. The minimum Gasteiger partial charge on any atom is -0.493 e. The summed E-state index contributed by atoms with van der Waals surface area (Å²) in [6.45, 7) is 3.22. The maximum Gasteiger partial charge on any atom is 0.304 e. The molecule has 19 heavy (non-hydrogen) atoms. The SMILES string of the molecule is COc1cc(Cl)c(F)c(C(C)(C)CC(=O)O)c1OC. The highest BCUT2D eigenvalue weighted by Crippen LogP contribution is 2.44. The van der Waals surface area contributed by atoms with Crippen LogP contribution in [0.5, 0.6) is 11.5 Å². The van der Waals surface area contributed by atoms with E-state index >= 15 is 0 Å². The van der Waals surface area contributed by atoms with Gasteiger partial charge in [0.15, 0.2) is 11.5 Å². The van der Waals surface area contributed by atoms with E-state index in [2.05, 4.69) is 0 Å². The van der Waals surface area contributed by atoms with Gasteiger partial charge in [-0.2, -0.15) is 0 Å². The van der Waals surface area contributed by atoms with Crippen molar-refractivity contribution in [2.45, 2.75) is 25.7 Å². The Hall–Kier alpha value is -1.49. The van der Waals surface area contributed by atoms with Crippen LogP contribution in [-0.2, 0) is 10.2 Å².